The molecule has 0 rings (SSSR count). The van der Waals surface area contributed by atoms with Gasteiger partial charge in [-0.05, 0) is 0 Å². The minimum atomic E-state index is -2.75. The van der Waals surface area contributed by atoms with E-state index in [1.165, 1.54) is 0 Å². The van der Waals surface area contributed by atoms with Gasteiger partial charge >= 0.3 is 6.08 Å². The molecule has 0 aliphatic carbocycles. The van der Waals surface area contributed by atoms with Crippen LogP contribution < -0.4 is 0 Å². The summed E-state index contributed by atoms with van der Waals surface area (Å²) in [5.74, 6) is -2.20. The largest absolute Gasteiger partial charge is 0.305 e. The molecule has 0 aliphatic heterocycles. The Morgan fingerprint density at radius 2 is 1.30 bits per heavy atom. The monoisotopic (exact) mass is 208 g/mol. The summed E-state index contributed by atoms with van der Waals surface area (Å²) in [6.07, 6.45) is -5.78. The predicted octanol–water partition coefficient (Wildman–Crippen LogP) is 2.84. The van der Waals surface area contributed by atoms with Gasteiger partial charge in [0.1, 0.15) is 0 Å². The van der Waals surface area contributed by atoms with Crippen molar-refractivity contribution in [1.82, 2.24) is 0 Å². The Morgan fingerprint density at radius 1 is 0.900 bits per heavy atom. The van der Waals surface area contributed by atoms with Crippen LogP contribution in [0.2, 0.25) is 0 Å². The maximum Gasteiger partial charge on any atom is 0.305 e. The van der Waals surface area contributed by atoms with Gasteiger partial charge in [0.2, 0.25) is 0 Å². The molecule has 0 bridgehead atoms. The van der Waals surface area contributed by atoms with Gasteiger partial charge in [-0.25, -0.2) is 4.39 Å². The third-order valence-corrected chi connectivity index (χ3v) is 0.416. The second-order valence-electron chi connectivity index (χ2n) is 1.04. The quantitative estimate of drug-likeness (QED) is 0.354. The first-order valence-corrected chi connectivity index (χ1v) is 1.77. The van der Waals surface area contributed by atoms with Gasteiger partial charge < -0.3 is 0 Å². The van der Waals surface area contributed by atoms with Crippen LogP contribution in [0.25, 0.3) is 0 Å². The van der Waals surface area contributed by atoms with Crippen molar-refractivity contribution in [3.63, 3.8) is 0 Å². The van der Waals surface area contributed by atoms with Gasteiger partial charge in [0.05, 0.1) is 0 Å². The first kappa shape index (κ1) is 12.4. The van der Waals surface area contributed by atoms with Crippen molar-refractivity contribution in [3.8, 4) is 0 Å². The van der Waals surface area contributed by atoms with Crippen molar-refractivity contribution in [1.29, 1.82) is 0 Å². The van der Waals surface area contributed by atoms with Crippen LogP contribution in [0.4, 0.5) is 22.0 Å². The van der Waals surface area contributed by atoms with Crippen molar-refractivity contribution >= 4 is 0 Å². The van der Waals surface area contributed by atoms with Gasteiger partial charge in [-0.15, -0.1) is 0 Å². The summed E-state index contributed by atoms with van der Waals surface area (Å²) < 4.78 is 55.0. The summed E-state index contributed by atoms with van der Waals surface area (Å²) in [5, 5.41) is 0. The summed E-state index contributed by atoms with van der Waals surface area (Å²) in [4.78, 5) is 0. The molecule has 0 heterocycles. The summed E-state index contributed by atoms with van der Waals surface area (Å²) >= 11 is 0. The summed E-state index contributed by atoms with van der Waals surface area (Å²) in [6, 6.07) is 0. The first-order chi connectivity index (χ1) is 4.04. The SMILES string of the molecule is FC(F)=CC(F)=C(F)F.[Zn]. The number of hydrogen-bond donors (Lipinski definition) is 0. The second-order valence-corrected chi connectivity index (χ2v) is 1.04. The Hall–Kier alpha value is -0.247. The molecule has 0 nitrogen and oxygen atoms in total. The number of allylic oxidation sites excluding steroid dienone is 2. The van der Waals surface area contributed by atoms with Crippen LogP contribution in [0.1, 0.15) is 0 Å². The van der Waals surface area contributed by atoms with Crippen molar-refractivity contribution < 1.29 is 41.4 Å². The molecule has 6 heteroatoms. The zero-order valence-electron chi connectivity index (χ0n) is 4.67. The van der Waals surface area contributed by atoms with E-state index in [0.29, 0.717) is 0 Å². The normalized spacial score (nSPS) is 7.70. The average molecular weight is 209 g/mol. The molecular formula is C4HF5Zn. The van der Waals surface area contributed by atoms with Gasteiger partial charge in [0.15, 0.2) is 5.83 Å². The first-order valence-electron chi connectivity index (χ1n) is 1.77. The Kier molecular flexibility index (Phi) is 6.88. The molecule has 0 amide bonds. The molecule has 0 unspecified atom stereocenters. The van der Waals surface area contributed by atoms with Gasteiger partial charge in [-0.1, -0.05) is 0 Å². The van der Waals surface area contributed by atoms with E-state index < -0.39 is 24.1 Å². The van der Waals surface area contributed by atoms with Crippen molar-refractivity contribution in [3.05, 3.63) is 24.1 Å². The minimum absolute atomic E-state index is 0. The number of hydrogen-bond acceptors (Lipinski definition) is 0. The van der Waals surface area contributed by atoms with E-state index in [1.807, 2.05) is 0 Å². The van der Waals surface area contributed by atoms with Crippen LogP contribution in [-0.4, -0.2) is 0 Å². The van der Waals surface area contributed by atoms with Crippen molar-refractivity contribution in [2.45, 2.75) is 0 Å². The van der Waals surface area contributed by atoms with E-state index in [1.54, 1.807) is 0 Å². The maximum atomic E-state index is 11.3. The third kappa shape index (κ3) is 5.88. The molecule has 10 heavy (non-hydrogen) atoms. The molecule has 0 aliphatic rings. The van der Waals surface area contributed by atoms with Crippen LogP contribution in [-0.2, 0) is 19.5 Å². The third-order valence-electron chi connectivity index (χ3n) is 0.416. The molecule has 0 aromatic rings. The van der Waals surface area contributed by atoms with Gasteiger partial charge in [-0.3, -0.25) is 0 Å². The zero-order valence-corrected chi connectivity index (χ0v) is 7.64. The van der Waals surface area contributed by atoms with Crippen molar-refractivity contribution in [2.24, 2.45) is 0 Å². The minimum Gasteiger partial charge on any atom is -0.201 e. The number of halogens is 5. The molecule has 0 saturated carbocycles. The van der Waals surface area contributed by atoms with E-state index >= 15 is 0 Å². The van der Waals surface area contributed by atoms with Gasteiger partial charge in [-0.2, -0.15) is 17.6 Å². The summed E-state index contributed by atoms with van der Waals surface area (Å²) in [6.45, 7) is 0. The smallest absolute Gasteiger partial charge is 0.201 e. The molecule has 0 spiro atoms. The molecule has 0 radical (unpaired) electrons. The molecule has 0 fully saturated rings. The van der Waals surface area contributed by atoms with Gasteiger partial charge in [0.25, 0.3) is 6.08 Å². The fraction of sp³-hybridized carbons (Fsp3) is 0. The van der Waals surface area contributed by atoms with Crippen LogP contribution in [0.5, 0.6) is 0 Å². The van der Waals surface area contributed by atoms with E-state index in [2.05, 4.69) is 0 Å². The Balaban J connectivity index is 0. The molecule has 0 N–H and O–H groups in total. The average Bonchev–Trinajstić information content (AvgIpc) is 1.63. The predicted molar refractivity (Wildman–Crippen MR) is 20.6 cm³/mol. The maximum absolute atomic E-state index is 11.3. The molecule has 0 aromatic heterocycles. The van der Waals surface area contributed by atoms with Crippen LogP contribution in [0.15, 0.2) is 24.1 Å². The topological polar surface area (TPSA) is 0 Å². The van der Waals surface area contributed by atoms with E-state index in [9.17, 15) is 22.0 Å². The molecule has 54 valence electrons. The fourth-order valence-corrected chi connectivity index (χ4v) is 0.150. The Bertz CT molecular complexity index is 153. The summed E-state index contributed by atoms with van der Waals surface area (Å²) in [7, 11) is 0. The second kappa shape index (κ2) is 5.53. The molecule has 0 atom stereocenters. The zero-order chi connectivity index (χ0) is 7.44. The van der Waals surface area contributed by atoms with Crippen LogP contribution >= 0.6 is 0 Å². The molecular weight excluding hydrogens is 208 g/mol. The van der Waals surface area contributed by atoms with Gasteiger partial charge in [0, 0.05) is 25.6 Å². The number of rotatable bonds is 1. The molecule has 0 aromatic carbocycles. The summed E-state index contributed by atoms with van der Waals surface area (Å²) in [5.41, 5.74) is 0. The fourth-order valence-electron chi connectivity index (χ4n) is 0.150. The van der Waals surface area contributed by atoms with Crippen molar-refractivity contribution in [2.75, 3.05) is 0 Å². The Morgan fingerprint density at radius 3 is 1.40 bits per heavy atom. The van der Waals surface area contributed by atoms with E-state index in [0.717, 1.165) is 0 Å². The van der Waals surface area contributed by atoms with E-state index in [4.69, 9.17) is 0 Å². The standard InChI is InChI=1S/C4HF5.Zn/c5-2(4(8)9)1-3(6)7;/h1H;. The molecule has 0 saturated heterocycles. The van der Waals surface area contributed by atoms with E-state index in [-0.39, 0.29) is 19.5 Å². The Labute approximate surface area is 66.2 Å². The van der Waals surface area contributed by atoms with Crippen LogP contribution in [0, 0.1) is 0 Å². The van der Waals surface area contributed by atoms with Crippen LogP contribution in [0.3, 0.4) is 0 Å².